The first-order valence-electron chi connectivity index (χ1n) is 1.34. The minimum Gasteiger partial charge on any atom is -0.344 e. The molecule has 0 atom stereocenters. The van der Waals surface area contributed by atoms with Gasteiger partial charge in [0.05, 0.1) is 0 Å². The van der Waals surface area contributed by atoms with Crippen LogP contribution in [0.25, 0.3) is 0 Å². The molecule has 0 saturated heterocycles. The largest absolute Gasteiger partial charge is 0.344 e. The zero-order valence-electron chi connectivity index (χ0n) is 4.73. The molecule has 0 saturated carbocycles. The van der Waals surface area contributed by atoms with E-state index in [-0.39, 0.29) is 46.3 Å². The predicted octanol–water partition coefficient (Wildman–Crippen LogP) is 0.973. The number of rotatable bonds is 0. The van der Waals surface area contributed by atoms with Crippen LogP contribution in [0.1, 0.15) is 7.43 Å². The molecule has 3 N–H and O–H groups in total. The van der Waals surface area contributed by atoms with Gasteiger partial charge in [0.15, 0.2) is 0 Å². The molecule has 0 rings (SSSR count). The topological polar surface area (TPSA) is 38.2 Å². The smallest absolute Gasteiger partial charge is 0 e. The third kappa shape index (κ3) is 169. The molecule has 0 amide bonds. The molecule has 0 bridgehead atoms. The zero-order valence-corrected chi connectivity index (χ0v) is 7.57. The van der Waals surface area contributed by atoms with Crippen LogP contribution in [0.5, 0.6) is 0 Å². The Balaban J connectivity index is -0.0000000150. The molecule has 0 aliphatic carbocycles. The summed E-state index contributed by atoms with van der Waals surface area (Å²) in [6.07, 6.45) is 0. The maximum absolute atomic E-state index is 2.00. The molecular weight excluding hydrogens is 165 g/mol. The molecule has 7 heavy (non-hydrogen) atoms. The van der Waals surface area contributed by atoms with Gasteiger partial charge in [-0.15, -0.1) is 0 Å². The van der Waals surface area contributed by atoms with Gasteiger partial charge in [-0.1, -0.05) is 7.43 Å². The quantitative estimate of drug-likeness (QED) is 0.604. The Hall–Kier alpha value is 1.02. The average molecular weight is 181 g/mol. The monoisotopic (exact) mass is 181 g/mol. The van der Waals surface area contributed by atoms with E-state index >= 15 is 0 Å². The molecule has 1 radical (unpaired) electrons. The normalized spacial score (nSPS) is 5.14. The number of hydrogen-bond acceptors (Lipinski definition) is 2. The summed E-state index contributed by atoms with van der Waals surface area (Å²) in [5.41, 5.74) is 0. The van der Waals surface area contributed by atoms with Gasteiger partial charge in [-0.25, -0.2) is 0 Å². The van der Waals surface area contributed by atoms with Crippen LogP contribution >= 0.6 is 0 Å². The van der Waals surface area contributed by atoms with Crippen molar-refractivity contribution in [2.45, 2.75) is 7.43 Å². The minimum absolute atomic E-state index is 0. The third-order valence-corrected chi connectivity index (χ3v) is 0. The molecule has 0 aliphatic heterocycles. The molecule has 0 aromatic rings. The van der Waals surface area contributed by atoms with Gasteiger partial charge in [0, 0.05) is 32.7 Å². The first-order chi connectivity index (χ1) is 1.73. The van der Waals surface area contributed by atoms with Gasteiger partial charge in [0.1, 0.15) is 0 Å². The van der Waals surface area contributed by atoms with Crippen molar-refractivity contribution in [1.29, 1.82) is 0 Å². The molecule has 0 unspecified atom stereocenters. The van der Waals surface area contributed by atoms with Gasteiger partial charge in [0.2, 0.25) is 0 Å². The maximum atomic E-state index is 2.00. The van der Waals surface area contributed by atoms with Crippen molar-refractivity contribution < 1.29 is 32.7 Å². The van der Waals surface area contributed by atoms with Crippen LogP contribution < -0.4 is 6.15 Å². The van der Waals surface area contributed by atoms with E-state index in [0.717, 1.165) is 0 Å². The molecule has 0 aromatic heterocycles. The van der Waals surface area contributed by atoms with E-state index in [0.29, 0.717) is 0 Å². The van der Waals surface area contributed by atoms with E-state index in [9.17, 15) is 0 Å². The molecular formula is C4H16N2Y. The van der Waals surface area contributed by atoms with Crippen LogP contribution in [0.4, 0.5) is 0 Å². The summed E-state index contributed by atoms with van der Waals surface area (Å²) in [6.45, 7) is 0. The predicted molar refractivity (Wildman–Crippen MR) is 31.4 cm³/mol. The fourth-order valence-electron chi connectivity index (χ4n) is 0. The van der Waals surface area contributed by atoms with E-state index < -0.39 is 0 Å². The van der Waals surface area contributed by atoms with Crippen LogP contribution in [-0.4, -0.2) is 26.0 Å². The Kier molecular flexibility index (Phi) is 55.0. The number of nitrogens with zero attached hydrogens (tertiary/aromatic N) is 1. The Morgan fingerprint density at radius 1 is 1.00 bits per heavy atom. The standard InChI is InChI=1S/C3H9N.CH4.H3N.Y/c1-4(2)3;;;/h1-3H3;1H4;1H3;. The van der Waals surface area contributed by atoms with E-state index in [1.807, 2.05) is 26.0 Å². The summed E-state index contributed by atoms with van der Waals surface area (Å²) in [5.74, 6) is 0. The van der Waals surface area contributed by atoms with E-state index in [1.54, 1.807) is 0 Å². The Labute approximate surface area is 72.1 Å². The van der Waals surface area contributed by atoms with Gasteiger partial charge < -0.3 is 11.1 Å². The number of hydrogen-bond donors (Lipinski definition) is 1. The van der Waals surface area contributed by atoms with Crippen LogP contribution in [-0.2, 0) is 32.7 Å². The Morgan fingerprint density at radius 2 is 1.00 bits per heavy atom. The summed E-state index contributed by atoms with van der Waals surface area (Å²) in [7, 11) is 6.00. The van der Waals surface area contributed by atoms with Crippen molar-refractivity contribution in [3.8, 4) is 0 Å². The van der Waals surface area contributed by atoms with Crippen molar-refractivity contribution in [1.82, 2.24) is 11.1 Å². The van der Waals surface area contributed by atoms with Crippen molar-refractivity contribution in [3.05, 3.63) is 0 Å². The van der Waals surface area contributed by atoms with E-state index in [1.165, 1.54) is 0 Å². The third-order valence-electron chi connectivity index (χ3n) is 0. The molecule has 0 aromatic carbocycles. The molecule has 45 valence electrons. The Morgan fingerprint density at radius 3 is 1.00 bits per heavy atom. The van der Waals surface area contributed by atoms with Crippen molar-refractivity contribution in [3.63, 3.8) is 0 Å². The molecule has 3 heteroatoms. The van der Waals surface area contributed by atoms with E-state index in [4.69, 9.17) is 0 Å². The zero-order chi connectivity index (χ0) is 3.58. The molecule has 0 heterocycles. The fraction of sp³-hybridized carbons (Fsp3) is 1.00. The van der Waals surface area contributed by atoms with Crippen molar-refractivity contribution in [2.24, 2.45) is 0 Å². The van der Waals surface area contributed by atoms with Gasteiger partial charge >= 0.3 is 0 Å². The SMILES string of the molecule is C.CN(C)C.N.[Y]. The van der Waals surface area contributed by atoms with E-state index in [2.05, 4.69) is 0 Å². The van der Waals surface area contributed by atoms with Gasteiger partial charge in [-0.2, -0.15) is 0 Å². The second-order valence-corrected chi connectivity index (χ2v) is 1.34. The van der Waals surface area contributed by atoms with Crippen LogP contribution in [0, 0.1) is 0 Å². The summed E-state index contributed by atoms with van der Waals surface area (Å²) in [5, 5.41) is 0. The maximum Gasteiger partial charge on any atom is 0 e. The van der Waals surface area contributed by atoms with Gasteiger partial charge in [-0.05, 0) is 21.1 Å². The van der Waals surface area contributed by atoms with Gasteiger partial charge in [0.25, 0.3) is 0 Å². The summed E-state index contributed by atoms with van der Waals surface area (Å²) in [4.78, 5) is 2.00. The van der Waals surface area contributed by atoms with Crippen molar-refractivity contribution >= 4 is 0 Å². The first-order valence-corrected chi connectivity index (χ1v) is 1.34. The van der Waals surface area contributed by atoms with Crippen LogP contribution in [0.15, 0.2) is 0 Å². The summed E-state index contributed by atoms with van der Waals surface area (Å²) in [6, 6.07) is 0. The first kappa shape index (κ1) is 24.4. The second kappa shape index (κ2) is 15.7. The molecule has 0 aliphatic rings. The molecule has 0 fully saturated rings. The van der Waals surface area contributed by atoms with Crippen LogP contribution in [0.2, 0.25) is 0 Å². The Bertz CT molecular complexity index is 14.4. The van der Waals surface area contributed by atoms with Gasteiger partial charge in [-0.3, -0.25) is 0 Å². The van der Waals surface area contributed by atoms with Crippen LogP contribution in [0.3, 0.4) is 0 Å². The molecule has 2 nitrogen and oxygen atoms in total. The van der Waals surface area contributed by atoms with Crippen molar-refractivity contribution in [2.75, 3.05) is 21.1 Å². The fourth-order valence-corrected chi connectivity index (χ4v) is 0. The average Bonchev–Trinajstić information content (AvgIpc) is 0.811. The summed E-state index contributed by atoms with van der Waals surface area (Å²) >= 11 is 0. The second-order valence-electron chi connectivity index (χ2n) is 1.34. The minimum atomic E-state index is 0. The summed E-state index contributed by atoms with van der Waals surface area (Å²) < 4.78 is 0. The molecule has 0 spiro atoms.